The molecule has 0 atom stereocenters. The summed E-state index contributed by atoms with van der Waals surface area (Å²) >= 11 is 0. The first-order chi connectivity index (χ1) is 12.3. The molecule has 25 heavy (non-hydrogen) atoms. The summed E-state index contributed by atoms with van der Waals surface area (Å²) in [7, 11) is 1.69. The van der Waals surface area contributed by atoms with Gasteiger partial charge in [-0.15, -0.1) is 0 Å². The third kappa shape index (κ3) is 3.56. The lowest BCUT2D eigenvalue weighted by molar-refractivity contribution is 0.261. The molecule has 0 bridgehead atoms. The average Bonchev–Trinajstić information content (AvgIpc) is 2.96. The highest BCUT2D eigenvalue weighted by atomic mass is 16.5. The number of aryl methyl sites for hydroxylation is 1. The van der Waals surface area contributed by atoms with Crippen LogP contribution in [0.3, 0.4) is 0 Å². The normalized spacial score (nSPS) is 14.8. The fourth-order valence-electron chi connectivity index (χ4n) is 3.34. The molecule has 0 saturated heterocycles. The Morgan fingerprint density at radius 1 is 1.12 bits per heavy atom. The molecule has 1 aliphatic heterocycles. The van der Waals surface area contributed by atoms with E-state index in [4.69, 9.17) is 9.84 Å². The van der Waals surface area contributed by atoms with Crippen LogP contribution in [-0.2, 0) is 19.6 Å². The van der Waals surface area contributed by atoms with Gasteiger partial charge in [0.15, 0.2) is 0 Å². The summed E-state index contributed by atoms with van der Waals surface area (Å²) in [5, 5.41) is 4.82. The molecule has 0 unspecified atom stereocenters. The number of hydrogen-bond donors (Lipinski definition) is 0. The maximum Gasteiger partial charge on any atom is 0.119 e. The lowest BCUT2D eigenvalue weighted by Crippen LogP contribution is -2.22. The van der Waals surface area contributed by atoms with E-state index in [1.807, 2.05) is 36.7 Å². The summed E-state index contributed by atoms with van der Waals surface area (Å²) in [6.45, 7) is 3.87. The molecule has 0 amide bonds. The Morgan fingerprint density at radius 3 is 2.92 bits per heavy atom. The second kappa shape index (κ2) is 7.07. The fraction of sp³-hybridized carbons (Fsp3) is 0.300. The van der Waals surface area contributed by atoms with E-state index in [0.29, 0.717) is 0 Å². The predicted octanol–water partition coefficient (Wildman–Crippen LogP) is 3.36. The number of aromatic nitrogens is 3. The number of fused-ring (bicyclic) bond motifs is 1. The number of rotatable bonds is 4. The zero-order chi connectivity index (χ0) is 17.1. The van der Waals surface area contributed by atoms with E-state index in [9.17, 15) is 0 Å². The Kier molecular flexibility index (Phi) is 4.48. The van der Waals surface area contributed by atoms with Crippen LogP contribution >= 0.6 is 0 Å². The van der Waals surface area contributed by atoms with Crippen LogP contribution < -0.4 is 4.74 Å². The van der Waals surface area contributed by atoms with Gasteiger partial charge in [0.05, 0.1) is 18.5 Å². The number of ether oxygens (including phenoxy) is 1. The molecule has 4 rings (SSSR count). The smallest absolute Gasteiger partial charge is 0.119 e. The van der Waals surface area contributed by atoms with Gasteiger partial charge in [0, 0.05) is 44.1 Å². The molecule has 2 aromatic heterocycles. The summed E-state index contributed by atoms with van der Waals surface area (Å²) in [5.41, 5.74) is 4.62. The van der Waals surface area contributed by atoms with Gasteiger partial charge in [-0.2, -0.15) is 5.10 Å². The SMILES string of the molecule is COc1cccc(-c2cc3n(n2)CCCN(Cc2cccnc2)C3)c1. The summed E-state index contributed by atoms with van der Waals surface area (Å²) < 4.78 is 7.48. The topological polar surface area (TPSA) is 43.2 Å². The first-order valence-electron chi connectivity index (χ1n) is 8.64. The number of methoxy groups -OCH3 is 1. The Morgan fingerprint density at radius 2 is 2.08 bits per heavy atom. The van der Waals surface area contributed by atoms with Crippen molar-refractivity contribution in [2.75, 3.05) is 13.7 Å². The second-order valence-electron chi connectivity index (χ2n) is 6.40. The Labute approximate surface area is 147 Å². The van der Waals surface area contributed by atoms with Crippen LogP contribution in [0.4, 0.5) is 0 Å². The molecule has 1 aliphatic rings. The van der Waals surface area contributed by atoms with Crippen molar-refractivity contribution in [1.29, 1.82) is 0 Å². The van der Waals surface area contributed by atoms with Gasteiger partial charge in [-0.05, 0) is 36.2 Å². The minimum atomic E-state index is 0.860. The van der Waals surface area contributed by atoms with Gasteiger partial charge in [0.2, 0.25) is 0 Å². The van der Waals surface area contributed by atoms with Crippen molar-refractivity contribution in [1.82, 2.24) is 19.7 Å². The molecule has 0 aliphatic carbocycles. The van der Waals surface area contributed by atoms with Crippen molar-refractivity contribution < 1.29 is 4.74 Å². The van der Waals surface area contributed by atoms with Crippen LogP contribution in [0.2, 0.25) is 0 Å². The molecular formula is C20H22N4O. The molecule has 0 saturated carbocycles. The summed E-state index contributed by atoms with van der Waals surface area (Å²) in [6, 6.07) is 14.4. The molecular weight excluding hydrogens is 312 g/mol. The van der Waals surface area contributed by atoms with Crippen molar-refractivity contribution >= 4 is 0 Å². The zero-order valence-electron chi connectivity index (χ0n) is 14.4. The van der Waals surface area contributed by atoms with E-state index in [0.717, 1.165) is 49.6 Å². The van der Waals surface area contributed by atoms with E-state index >= 15 is 0 Å². The summed E-state index contributed by atoms with van der Waals surface area (Å²) in [4.78, 5) is 6.69. The van der Waals surface area contributed by atoms with Crippen LogP contribution in [0.25, 0.3) is 11.3 Å². The molecule has 3 aromatic rings. The lowest BCUT2D eigenvalue weighted by Gasteiger charge is -2.19. The highest BCUT2D eigenvalue weighted by Crippen LogP contribution is 2.25. The average molecular weight is 334 g/mol. The Balaban J connectivity index is 1.56. The molecule has 3 heterocycles. The second-order valence-corrected chi connectivity index (χ2v) is 6.40. The van der Waals surface area contributed by atoms with E-state index in [-0.39, 0.29) is 0 Å². The van der Waals surface area contributed by atoms with Crippen LogP contribution in [0.1, 0.15) is 17.7 Å². The van der Waals surface area contributed by atoms with Gasteiger partial charge >= 0.3 is 0 Å². The molecule has 1 aromatic carbocycles. The summed E-state index contributed by atoms with van der Waals surface area (Å²) in [5.74, 6) is 0.860. The van der Waals surface area contributed by atoms with Crippen LogP contribution in [-0.4, -0.2) is 33.3 Å². The maximum atomic E-state index is 5.33. The zero-order valence-corrected chi connectivity index (χ0v) is 14.4. The molecule has 0 radical (unpaired) electrons. The van der Waals surface area contributed by atoms with E-state index in [1.54, 1.807) is 7.11 Å². The first kappa shape index (κ1) is 15.8. The van der Waals surface area contributed by atoms with Crippen molar-refractivity contribution in [3.05, 3.63) is 66.1 Å². The highest BCUT2D eigenvalue weighted by molar-refractivity contribution is 5.61. The van der Waals surface area contributed by atoms with Gasteiger partial charge in [-0.1, -0.05) is 18.2 Å². The van der Waals surface area contributed by atoms with Gasteiger partial charge in [0.1, 0.15) is 5.75 Å². The van der Waals surface area contributed by atoms with Crippen molar-refractivity contribution in [3.8, 4) is 17.0 Å². The Hall–Kier alpha value is -2.66. The van der Waals surface area contributed by atoms with Crippen molar-refractivity contribution in [2.24, 2.45) is 0 Å². The molecule has 5 nitrogen and oxygen atoms in total. The van der Waals surface area contributed by atoms with Gasteiger partial charge in [0.25, 0.3) is 0 Å². The molecule has 0 fully saturated rings. The number of benzene rings is 1. The van der Waals surface area contributed by atoms with E-state index in [2.05, 4.69) is 32.8 Å². The molecule has 5 heteroatoms. The van der Waals surface area contributed by atoms with Crippen LogP contribution in [0, 0.1) is 0 Å². The quantitative estimate of drug-likeness (QED) is 0.734. The van der Waals surface area contributed by atoms with Crippen molar-refractivity contribution in [3.63, 3.8) is 0 Å². The monoisotopic (exact) mass is 334 g/mol. The molecule has 0 N–H and O–H groups in total. The van der Waals surface area contributed by atoms with Crippen LogP contribution in [0.15, 0.2) is 54.9 Å². The minimum absolute atomic E-state index is 0.860. The summed E-state index contributed by atoms with van der Waals surface area (Å²) in [6.07, 6.45) is 4.87. The molecule has 0 spiro atoms. The minimum Gasteiger partial charge on any atom is -0.497 e. The standard InChI is InChI=1S/C20H22N4O/c1-25-19-7-2-6-17(11-19)20-12-18-15-23(9-4-10-24(18)22-20)14-16-5-3-8-21-13-16/h2-3,5-8,11-13H,4,9-10,14-15H2,1H3. The first-order valence-corrected chi connectivity index (χ1v) is 8.64. The van der Waals surface area contributed by atoms with Crippen LogP contribution in [0.5, 0.6) is 5.75 Å². The lowest BCUT2D eigenvalue weighted by atomic mass is 10.1. The maximum absolute atomic E-state index is 5.33. The van der Waals surface area contributed by atoms with E-state index < -0.39 is 0 Å². The third-order valence-electron chi connectivity index (χ3n) is 4.59. The van der Waals surface area contributed by atoms with Gasteiger partial charge < -0.3 is 4.74 Å². The fourth-order valence-corrected chi connectivity index (χ4v) is 3.34. The van der Waals surface area contributed by atoms with E-state index in [1.165, 1.54) is 11.3 Å². The number of hydrogen-bond acceptors (Lipinski definition) is 4. The van der Waals surface area contributed by atoms with Gasteiger partial charge in [-0.3, -0.25) is 14.6 Å². The highest BCUT2D eigenvalue weighted by Gasteiger charge is 2.17. The predicted molar refractivity (Wildman–Crippen MR) is 97.2 cm³/mol. The van der Waals surface area contributed by atoms with Gasteiger partial charge in [-0.25, -0.2) is 0 Å². The largest absolute Gasteiger partial charge is 0.497 e. The Bertz CT molecular complexity index is 844. The molecule has 128 valence electrons. The number of pyridine rings is 1. The number of nitrogens with zero attached hydrogens (tertiary/aromatic N) is 4. The third-order valence-corrected chi connectivity index (χ3v) is 4.59. The van der Waals surface area contributed by atoms with Crippen molar-refractivity contribution in [2.45, 2.75) is 26.1 Å².